The predicted molar refractivity (Wildman–Crippen MR) is 72.9 cm³/mol. The molecule has 0 aromatic heterocycles. The molecule has 5 atom stereocenters. The fourth-order valence-electron chi connectivity index (χ4n) is 4.42. The van der Waals surface area contributed by atoms with Crippen molar-refractivity contribution in [2.24, 2.45) is 23.7 Å². The molecule has 100 valence electrons. The van der Waals surface area contributed by atoms with E-state index in [1.165, 1.54) is 51.4 Å². The molecule has 0 aliphatic heterocycles. The Morgan fingerprint density at radius 3 is 2.35 bits per heavy atom. The number of hydrogen-bond donors (Lipinski definition) is 1. The molecule has 0 aromatic rings. The third-order valence-electron chi connectivity index (χ3n) is 5.59. The highest BCUT2D eigenvalue weighted by Crippen LogP contribution is 2.44. The highest BCUT2D eigenvalue weighted by atomic mass is 16.3. The van der Waals surface area contributed by atoms with Crippen molar-refractivity contribution >= 4 is 0 Å². The summed E-state index contributed by atoms with van der Waals surface area (Å²) in [6.45, 7) is 4.66. The normalized spacial score (nSPS) is 43.6. The van der Waals surface area contributed by atoms with Gasteiger partial charge in [0.25, 0.3) is 0 Å². The lowest BCUT2D eigenvalue weighted by Gasteiger charge is -2.43. The van der Waals surface area contributed by atoms with Gasteiger partial charge in [0.2, 0.25) is 0 Å². The van der Waals surface area contributed by atoms with Crippen LogP contribution in [-0.4, -0.2) is 11.2 Å². The van der Waals surface area contributed by atoms with Crippen LogP contribution in [-0.2, 0) is 0 Å². The van der Waals surface area contributed by atoms with Gasteiger partial charge in [-0.3, -0.25) is 0 Å². The topological polar surface area (TPSA) is 20.2 Å². The lowest BCUT2D eigenvalue weighted by atomic mass is 9.64. The second kappa shape index (κ2) is 6.22. The maximum atomic E-state index is 10.3. The Morgan fingerprint density at radius 2 is 1.65 bits per heavy atom. The molecular weight excluding hydrogens is 208 g/mol. The molecule has 0 spiro atoms. The Morgan fingerprint density at radius 1 is 0.882 bits per heavy atom. The first-order valence-electron chi connectivity index (χ1n) is 7.94. The highest BCUT2D eigenvalue weighted by molar-refractivity contribution is 4.88. The van der Waals surface area contributed by atoms with E-state index in [1.807, 2.05) is 0 Å². The summed E-state index contributed by atoms with van der Waals surface area (Å²) < 4.78 is 0. The SMILES string of the molecule is CCC1CCC(O)C(C2CCCCC2CC)C1. The number of hydrogen-bond acceptors (Lipinski definition) is 1. The van der Waals surface area contributed by atoms with Gasteiger partial charge in [-0.05, 0) is 49.4 Å². The maximum Gasteiger partial charge on any atom is 0.0571 e. The summed E-state index contributed by atoms with van der Waals surface area (Å²) >= 11 is 0. The molecule has 1 nitrogen and oxygen atoms in total. The quantitative estimate of drug-likeness (QED) is 0.773. The van der Waals surface area contributed by atoms with Crippen LogP contribution in [0.5, 0.6) is 0 Å². The van der Waals surface area contributed by atoms with E-state index >= 15 is 0 Å². The third-order valence-corrected chi connectivity index (χ3v) is 5.59. The number of rotatable bonds is 3. The molecule has 2 saturated carbocycles. The molecule has 17 heavy (non-hydrogen) atoms. The van der Waals surface area contributed by atoms with Crippen LogP contribution in [0.2, 0.25) is 0 Å². The van der Waals surface area contributed by atoms with Crippen molar-refractivity contribution in [2.45, 2.75) is 77.7 Å². The molecule has 2 rings (SSSR count). The van der Waals surface area contributed by atoms with E-state index in [1.54, 1.807) is 0 Å². The van der Waals surface area contributed by atoms with Crippen LogP contribution in [0, 0.1) is 23.7 Å². The standard InChI is InChI=1S/C16H30O/c1-3-12-9-10-16(17)15(11-12)14-8-6-5-7-13(14)4-2/h12-17H,3-11H2,1-2H3. The monoisotopic (exact) mass is 238 g/mol. The van der Waals surface area contributed by atoms with Crippen molar-refractivity contribution in [1.29, 1.82) is 0 Å². The van der Waals surface area contributed by atoms with Crippen molar-refractivity contribution in [1.82, 2.24) is 0 Å². The van der Waals surface area contributed by atoms with Gasteiger partial charge in [0.1, 0.15) is 0 Å². The second-order valence-electron chi connectivity index (χ2n) is 6.44. The predicted octanol–water partition coefficient (Wildman–Crippen LogP) is 4.39. The van der Waals surface area contributed by atoms with Crippen LogP contribution >= 0.6 is 0 Å². The minimum Gasteiger partial charge on any atom is -0.393 e. The minimum atomic E-state index is 0.00921. The summed E-state index contributed by atoms with van der Waals surface area (Å²) in [7, 11) is 0. The van der Waals surface area contributed by atoms with Gasteiger partial charge < -0.3 is 5.11 Å². The van der Waals surface area contributed by atoms with Crippen molar-refractivity contribution in [3.05, 3.63) is 0 Å². The molecule has 0 radical (unpaired) electrons. The molecule has 2 aliphatic carbocycles. The molecule has 2 aliphatic rings. The van der Waals surface area contributed by atoms with E-state index in [2.05, 4.69) is 13.8 Å². The first-order valence-corrected chi connectivity index (χ1v) is 7.94. The molecule has 2 fully saturated rings. The van der Waals surface area contributed by atoms with E-state index < -0.39 is 0 Å². The first kappa shape index (κ1) is 13.4. The van der Waals surface area contributed by atoms with Gasteiger partial charge in [0.15, 0.2) is 0 Å². The van der Waals surface area contributed by atoms with E-state index in [-0.39, 0.29) is 6.10 Å². The average molecular weight is 238 g/mol. The van der Waals surface area contributed by atoms with Crippen LogP contribution in [0.3, 0.4) is 0 Å². The van der Waals surface area contributed by atoms with Gasteiger partial charge in [0, 0.05) is 0 Å². The molecule has 0 aromatic carbocycles. The molecular formula is C16H30O. The van der Waals surface area contributed by atoms with Crippen LogP contribution in [0.15, 0.2) is 0 Å². The molecule has 1 heteroatoms. The van der Waals surface area contributed by atoms with Gasteiger partial charge >= 0.3 is 0 Å². The van der Waals surface area contributed by atoms with Gasteiger partial charge in [-0.15, -0.1) is 0 Å². The fraction of sp³-hybridized carbons (Fsp3) is 1.00. The third kappa shape index (κ3) is 3.05. The van der Waals surface area contributed by atoms with E-state index in [9.17, 15) is 5.11 Å². The Bertz CT molecular complexity index is 226. The highest BCUT2D eigenvalue weighted by Gasteiger charge is 2.38. The Balaban J connectivity index is 2.01. The first-order chi connectivity index (χ1) is 8.26. The van der Waals surface area contributed by atoms with Crippen molar-refractivity contribution in [2.75, 3.05) is 0 Å². The lowest BCUT2D eigenvalue weighted by molar-refractivity contribution is -0.0131. The summed E-state index contributed by atoms with van der Waals surface area (Å²) in [5.41, 5.74) is 0. The maximum absolute atomic E-state index is 10.3. The number of aliphatic hydroxyl groups is 1. The lowest BCUT2D eigenvalue weighted by Crippen LogP contribution is -2.38. The van der Waals surface area contributed by atoms with Gasteiger partial charge in [-0.1, -0.05) is 46.0 Å². The van der Waals surface area contributed by atoms with Crippen LogP contribution in [0.4, 0.5) is 0 Å². The second-order valence-corrected chi connectivity index (χ2v) is 6.44. The number of aliphatic hydroxyl groups excluding tert-OH is 1. The Hall–Kier alpha value is -0.0400. The molecule has 0 heterocycles. The summed E-state index contributed by atoms with van der Waals surface area (Å²) in [5, 5.41) is 10.3. The zero-order chi connectivity index (χ0) is 12.3. The zero-order valence-corrected chi connectivity index (χ0v) is 11.7. The van der Waals surface area contributed by atoms with E-state index in [0.717, 1.165) is 24.2 Å². The smallest absolute Gasteiger partial charge is 0.0571 e. The van der Waals surface area contributed by atoms with Crippen LogP contribution in [0.25, 0.3) is 0 Å². The van der Waals surface area contributed by atoms with Gasteiger partial charge in [0.05, 0.1) is 6.10 Å². The molecule has 0 amide bonds. The van der Waals surface area contributed by atoms with E-state index in [4.69, 9.17) is 0 Å². The van der Waals surface area contributed by atoms with Crippen molar-refractivity contribution < 1.29 is 5.11 Å². The van der Waals surface area contributed by atoms with E-state index in [0.29, 0.717) is 5.92 Å². The molecule has 0 saturated heterocycles. The van der Waals surface area contributed by atoms with Crippen LogP contribution < -0.4 is 0 Å². The fourth-order valence-corrected chi connectivity index (χ4v) is 4.42. The average Bonchev–Trinajstić information content (AvgIpc) is 2.39. The summed E-state index contributed by atoms with van der Waals surface area (Å²) in [4.78, 5) is 0. The van der Waals surface area contributed by atoms with Crippen molar-refractivity contribution in [3.8, 4) is 0 Å². The zero-order valence-electron chi connectivity index (χ0n) is 11.7. The summed E-state index contributed by atoms with van der Waals surface area (Å²) in [6.07, 6.45) is 11.9. The summed E-state index contributed by atoms with van der Waals surface area (Å²) in [5.74, 6) is 3.25. The molecule has 5 unspecified atom stereocenters. The molecule has 0 bridgehead atoms. The van der Waals surface area contributed by atoms with Crippen molar-refractivity contribution in [3.63, 3.8) is 0 Å². The largest absolute Gasteiger partial charge is 0.393 e. The molecule has 1 N–H and O–H groups in total. The minimum absolute atomic E-state index is 0.00921. The summed E-state index contributed by atoms with van der Waals surface area (Å²) in [6, 6.07) is 0. The Kier molecular flexibility index (Phi) is 4.90. The van der Waals surface area contributed by atoms with Gasteiger partial charge in [-0.25, -0.2) is 0 Å². The Labute approximate surface area is 107 Å². The van der Waals surface area contributed by atoms with Crippen LogP contribution in [0.1, 0.15) is 71.6 Å². The van der Waals surface area contributed by atoms with Gasteiger partial charge in [-0.2, -0.15) is 0 Å².